The maximum Gasteiger partial charge on any atom is 0.0599 e. The number of rotatable bonds is 6. The zero-order chi connectivity index (χ0) is 15.2. The third-order valence-corrected chi connectivity index (χ3v) is 4.85. The Morgan fingerprint density at radius 3 is 2.62 bits per heavy atom. The number of likely N-dealkylation sites (tertiary alicyclic amines) is 1. The van der Waals surface area contributed by atoms with Crippen molar-refractivity contribution < 1.29 is 9.84 Å². The minimum absolute atomic E-state index is 0.202. The summed E-state index contributed by atoms with van der Waals surface area (Å²) in [4.78, 5) is 2.45. The average Bonchev–Trinajstić information content (AvgIpc) is 2.50. The molecule has 1 unspecified atom stereocenters. The minimum atomic E-state index is 0.202. The molecule has 0 bridgehead atoms. The van der Waals surface area contributed by atoms with E-state index in [9.17, 15) is 0 Å². The fourth-order valence-electron chi connectivity index (χ4n) is 2.73. The second-order valence-corrected chi connectivity index (χ2v) is 6.35. The fourth-order valence-corrected chi connectivity index (χ4v) is 3.03. The van der Waals surface area contributed by atoms with Gasteiger partial charge >= 0.3 is 0 Å². The molecule has 1 saturated heterocycles. The predicted octanol–water partition coefficient (Wildman–Crippen LogP) is 3.92. The SMILES string of the molecule is CC(c1ccc(Cl)c(Cl)c1)N1CCC(OCCCO)CC1. The molecule has 0 amide bonds. The lowest BCUT2D eigenvalue weighted by molar-refractivity contribution is -0.00510. The number of hydrogen-bond acceptors (Lipinski definition) is 3. The van der Waals surface area contributed by atoms with Crippen molar-refractivity contribution in [2.75, 3.05) is 26.3 Å². The van der Waals surface area contributed by atoms with Crippen molar-refractivity contribution in [2.24, 2.45) is 0 Å². The first kappa shape index (κ1) is 17.0. The van der Waals surface area contributed by atoms with E-state index in [2.05, 4.69) is 11.8 Å². The van der Waals surface area contributed by atoms with Gasteiger partial charge in [-0.15, -0.1) is 0 Å². The highest BCUT2D eigenvalue weighted by Gasteiger charge is 2.24. The van der Waals surface area contributed by atoms with Crippen LogP contribution in [0.25, 0.3) is 0 Å². The predicted molar refractivity (Wildman–Crippen MR) is 87.1 cm³/mol. The second-order valence-electron chi connectivity index (χ2n) is 5.53. The highest BCUT2D eigenvalue weighted by atomic mass is 35.5. The first-order valence-corrected chi connectivity index (χ1v) is 8.29. The van der Waals surface area contributed by atoms with Crippen LogP contribution >= 0.6 is 23.2 Å². The molecule has 1 N–H and O–H groups in total. The van der Waals surface area contributed by atoms with Gasteiger partial charge in [0.15, 0.2) is 0 Å². The lowest BCUT2D eigenvalue weighted by Gasteiger charge is -2.36. The van der Waals surface area contributed by atoms with Gasteiger partial charge < -0.3 is 9.84 Å². The quantitative estimate of drug-likeness (QED) is 0.802. The second kappa shape index (κ2) is 8.35. The molecule has 0 radical (unpaired) electrons. The first-order valence-electron chi connectivity index (χ1n) is 7.53. The summed E-state index contributed by atoms with van der Waals surface area (Å²) in [6, 6.07) is 6.19. The number of halogens is 2. The topological polar surface area (TPSA) is 32.7 Å². The smallest absolute Gasteiger partial charge is 0.0599 e. The summed E-state index contributed by atoms with van der Waals surface area (Å²) in [6.45, 7) is 5.10. The van der Waals surface area contributed by atoms with Crippen LogP contribution < -0.4 is 0 Å². The van der Waals surface area contributed by atoms with Crippen LogP contribution in [0.15, 0.2) is 18.2 Å². The highest BCUT2D eigenvalue weighted by Crippen LogP contribution is 2.30. The van der Waals surface area contributed by atoms with Crippen molar-refractivity contribution in [3.05, 3.63) is 33.8 Å². The van der Waals surface area contributed by atoms with E-state index in [0.29, 0.717) is 28.8 Å². The van der Waals surface area contributed by atoms with Gasteiger partial charge in [0.1, 0.15) is 0 Å². The van der Waals surface area contributed by atoms with Crippen molar-refractivity contribution in [3.63, 3.8) is 0 Å². The average molecular weight is 332 g/mol. The monoisotopic (exact) mass is 331 g/mol. The molecule has 0 aromatic heterocycles. The molecule has 5 heteroatoms. The maximum atomic E-state index is 8.77. The molecule has 0 aliphatic carbocycles. The number of aliphatic hydroxyl groups is 1. The molecule has 21 heavy (non-hydrogen) atoms. The van der Waals surface area contributed by atoms with Gasteiger partial charge in [-0.05, 0) is 43.9 Å². The van der Waals surface area contributed by atoms with Crippen LogP contribution in [-0.2, 0) is 4.74 Å². The van der Waals surface area contributed by atoms with Gasteiger partial charge in [0.2, 0.25) is 0 Å². The van der Waals surface area contributed by atoms with Crippen LogP contribution in [0.4, 0.5) is 0 Å². The molecule has 1 aromatic rings. The Kier molecular flexibility index (Phi) is 6.77. The third kappa shape index (κ3) is 4.83. The Hall–Kier alpha value is -0.320. The number of hydrogen-bond donors (Lipinski definition) is 1. The summed E-state index contributed by atoms with van der Waals surface area (Å²) in [5.41, 5.74) is 1.20. The summed E-state index contributed by atoms with van der Waals surface area (Å²) < 4.78 is 5.77. The van der Waals surface area contributed by atoms with E-state index in [1.54, 1.807) is 0 Å². The summed E-state index contributed by atoms with van der Waals surface area (Å²) in [6.07, 6.45) is 3.13. The molecule has 2 rings (SSSR count). The molecular formula is C16H23Cl2NO2. The normalized spacial score (nSPS) is 18.9. The Bertz CT molecular complexity index is 448. The Labute approximate surface area is 136 Å². The van der Waals surface area contributed by atoms with E-state index in [-0.39, 0.29) is 6.61 Å². The van der Waals surface area contributed by atoms with Gasteiger partial charge in [-0.3, -0.25) is 4.90 Å². The van der Waals surface area contributed by atoms with Crippen molar-refractivity contribution in [1.82, 2.24) is 4.90 Å². The van der Waals surface area contributed by atoms with Gasteiger partial charge in [-0.25, -0.2) is 0 Å². The Morgan fingerprint density at radius 1 is 1.29 bits per heavy atom. The Morgan fingerprint density at radius 2 is 2.00 bits per heavy atom. The molecule has 1 fully saturated rings. The zero-order valence-corrected chi connectivity index (χ0v) is 13.9. The summed E-state index contributed by atoms with van der Waals surface area (Å²) in [5.74, 6) is 0. The lowest BCUT2D eigenvalue weighted by atomic mass is 10.0. The van der Waals surface area contributed by atoms with E-state index >= 15 is 0 Å². The van der Waals surface area contributed by atoms with Gasteiger partial charge in [0.05, 0.1) is 16.1 Å². The molecule has 1 atom stereocenters. The molecule has 118 valence electrons. The van der Waals surface area contributed by atoms with Crippen molar-refractivity contribution in [3.8, 4) is 0 Å². The Balaban J connectivity index is 1.85. The third-order valence-electron chi connectivity index (χ3n) is 4.11. The number of nitrogens with zero attached hydrogens (tertiary/aromatic N) is 1. The van der Waals surface area contributed by atoms with Crippen molar-refractivity contribution in [2.45, 2.75) is 38.3 Å². The highest BCUT2D eigenvalue weighted by molar-refractivity contribution is 6.42. The van der Waals surface area contributed by atoms with E-state index in [4.69, 9.17) is 33.0 Å². The first-order chi connectivity index (χ1) is 10.1. The van der Waals surface area contributed by atoms with Gasteiger partial charge in [-0.2, -0.15) is 0 Å². The minimum Gasteiger partial charge on any atom is -0.396 e. The van der Waals surface area contributed by atoms with Crippen LogP contribution in [-0.4, -0.2) is 42.4 Å². The van der Waals surface area contributed by atoms with E-state index < -0.39 is 0 Å². The van der Waals surface area contributed by atoms with Crippen molar-refractivity contribution >= 4 is 23.2 Å². The summed E-state index contributed by atoms with van der Waals surface area (Å²) in [7, 11) is 0. The van der Waals surface area contributed by atoms with Crippen LogP contribution in [0, 0.1) is 0 Å². The summed E-state index contributed by atoms with van der Waals surface area (Å²) >= 11 is 12.1. The van der Waals surface area contributed by atoms with Crippen LogP contribution in [0.2, 0.25) is 10.0 Å². The zero-order valence-electron chi connectivity index (χ0n) is 12.4. The van der Waals surface area contributed by atoms with Gasteiger partial charge in [-0.1, -0.05) is 29.3 Å². The molecule has 1 aromatic carbocycles. The number of aliphatic hydroxyl groups excluding tert-OH is 1. The van der Waals surface area contributed by atoms with Crippen LogP contribution in [0.3, 0.4) is 0 Å². The lowest BCUT2D eigenvalue weighted by Crippen LogP contribution is -2.38. The van der Waals surface area contributed by atoms with Crippen LogP contribution in [0.1, 0.15) is 37.8 Å². The maximum absolute atomic E-state index is 8.77. The summed E-state index contributed by atoms with van der Waals surface area (Å²) in [5, 5.41) is 9.98. The molecule has 0 spiro atoms. The van der Waals surface area contributed by atoms with E-state index in [0.717, 1.165) is 32.4 Å². The van der Waals surface area contributed by atoms with Crippen molar-refractivity contribution in [1.29, 1.82) is 0 Å². The standard InChI is InChI=1S/C16H23Cl2NO2/c1-12(13-3-4-15(17)16(18)11-13)19-7-5-14(6-8-19)21-10-2-9-20/h3-4,11-12,14,20H,2,5-10H2,1H3. The molecule has 1 heterocycles. The van der Waals surface area contributed by atoms with Gasteiger partial charge in [0.25, 0.3) is 0 Å². The van der Waals surface area contributed by atoms with E-state index in [1.807, 2.05) is 18.2 Å². The largest absolute Gasteiger partial charge is 0.396 e. The van der Waals surface area contributed by atoms with Gasteiger partial charge in [0, 0.05) is 32.3 Å². The fraction of sp³-hybridized carbons (Fsp3) is 0.625. The number of piperidine rings is 1. The number of benzene rings is 1. The van der Waals surface area contributed by atoms with E-state index in [1.165, 1.54) is 5.56 Å². The molecule has 0 saturated carbocycles. The van der Waals surface area contributed by atoms with Crippen LogP contribution in [0.5, 0.6) is 0 Å². The number of ether oxygens (including phenoxy) is 1. The molecule has 3 nitrogen and oxygen atoms in total. The molecule has 1 aliphatic rings. The molecule has 1 aliphatic heterocycles. The molecular weight excluding hydrogens is 309 g/mol.